The maximum atomic E-state index is 11.9. The normalized spacial score (nSPS) is 11.6. The van der Waals surface area contributed by atoms with Crippen LogP contribution in [-0.4, -0.2) is 42.0 Å². The van der Waals surface area contributed by atoms with E-state index in [0.29, 0.717) is 18.5 Å². The van der Waals surface area contributed by atoms with Crippen molar-refractivity contribution in [3.05, 3.63) is 34.4 Å². The van der Waals surface area contributed by atoms with E-state index in [4.69, 9.17) is 5.11 Å². The predicted molar refractivity (Wildman–Crippen MR) is 85.4 cm³/mol. The minimum Gasteiger partial charge on any atom is -0.481 e. The van der Waals surface area contributed by atoms with Crippen molar-refractivity contribution in [1.82, 2.24) is 5.32 Å². The average molecular weight is 323 g/mol. The molecule has 0 fully saturated rings. The molecular weight excluding hydrogens is 302 g/mol. The first kappa shape index (κ1) is 18.4. The Labute approximate surface area is 134 Å². The minimum absolute atomic E-state index is 0.0483. The van der Waals surface area contributed by atoms with Crippen molar-refractivity contribution in [3.8, 4) is 0 Å². The highest BCUT2D eigenvalue weighted by Crippen LogP contribution is 2.26. The van der Waals surface area contributed by atoms with E-state index in [1.807, 2.05) is 6.92 Å². The number of nitrogens with zero attached hydrogens (tertiary/aromatic N) is 2. The lowest BCUT2D eigenvalue weighted by Crippen LogP contribution is -2.39. The molecule has 8 heteroatoms. The Morgan fingerprint density at radius 2 is 2.04 bits per heavy atom. The lowest BCUT2D eigenvalue weighted by Gasteiger charge is -2.19. The van der Waals surface area contributed by atoms with Gasteiger partial charge in [-0.3, -0.25) is 19.7 Å². The van der Waals surface area contributed by atoms with E-state index >= 15 is 0 Å². The Hall–Kier alpha value is -2.64. The second kappa shape index (κ2) is 8.72. The molecule has 0 aliphatic carbocycles. The number of carboxylic acids is 1. The third-order valence-corrected chi connectivity index (χ3v) is 3.40. The number of benzene rings is 1. The Balaban J connectivity index is 2.64. The fourth-order valence-corrected chi connectivity index (χ4v) is 2.20. The Kier molecular flexibility index (Phi) is 6.98. The van der Waals surface area contributed by atoms with Crippen LogP contribution in [0.1, 0.15) is 19.8 Å². The van der Waals surface area contributed by atoms with Gasteiger partial charge in [0.1, 0.15) is 5.69 Å². The molecule has 0 bridgehead atoms. The van der Waals surface area contributed by atoms with Gasteiger partial charge in [0.2, 0.25) is 5.91 Å². The second-order valence-corrected chi connectivity index (χ2v) is 5.23. The van der Waals surface area contributed by atoms with Gasteiger partial charge in [0, 0.05) is 19.7 Å². The zero-order valence-corrected chi connectivity index (χ0v) is 13.2. The summed E-state index contributed by atoms with van der Waals surface area (Å²) in [5, 5.41) is 22.6. The Morgan fingerprint density at radius 1 is 1.39 bits per heavy atom. The first-order chi connectivity index (χ1) is 10.9. The number of nitrogens with one attached hydrogen (secondary N) is 1. The minimum atomic E-state index is -0.945. The highest BCUT2D eigenvalue weighted by atomic mass is 16.6. The number of carbonyl (C=O) groups excluding carboxylic acids is 1. The lowest BCUT2D eigenvalue weighted by atomic mass is 10.0. The van der Waals surface area contributed by atoms with Crippen LogP contribution in [0.4, 0.5) is 11.4 Å². The molecule has 1 amide bonds. The van der Waals surface area contributed by atoms with Gasteiger partial charge in [-0.1, -0.05) is 25.5 Å². The number of anilines is 1. The van der Waals surface area contributed by atoms with Gasteiger partial charge in [0.05, 0.1) is 17.4 Å². The smallest absolute Gasteiger partial charge is 0.308 e. The summed E-state index contributed by atoms with van der Waals surface area (Å²) in [5.74, 6) is -1.95. The number of rotatable bonds is 9. The molecule has 126 valence electrons. The number of carboxylic acid groups (broad SMARTS) is 1. The molecule has 0 spiro atoms. The highest BCUT2D eigenvalue weighted by molar-refractivity contribution is 5.83. The zero-order valence-electron chi connectivity index (χ0n) is 13.2. The number of carbonyl (C=O) groups is 2. The molecule has 23 heavy (non-hydrogen) atoms. The maximum absolute atomic E-state index is 11.9. The van der Waals surface area contributed by atoms with Crippen LogP contribution in [-0.2, 0) is 9.59 Å². The van der Waals surface area contributed by atoms with Gasteiger partial charge in [-0.25, -0.2) is 0 Å². The van der Waals surface area contributed by atoms with Crippen molar-refractivity contribution in [2.24, 2.45) is 5.92 Å². The van der Waals surface area contributed by atoms with Gasteiger partial charge >= 0.3 is 5.97 Å². The molecule has 1 rings (SSSR count). The van der Waals surface area contributed by atoms with Crippen LogP contribution in [0.2, 0.25) is 0 Å². The maximum Gasteiger partial charge on any atom is 0.308 e. The van der Waals surface area contributed by atoms with E-state index in [1.165, 1.54) is 11.0 Å². The predicted octanol–water partition coefficient (Wildman–Crippen LogP) is 1.65. The molecule has 1 aromatic rings. The van der Waals surface area contributed by atoms with Crippen molar-refractivity contribution >= 4 is 23.3 Å². The van der Waals surface area contributed by atoms with Crippen molar-refractivity contribution < 1.29 is 19.6 Å². The molecule has 2 N–H and O–H groups in total. The fourth-order valence-electron chi connectivity index (χ4n) is 2.20. The first-order valence-corrected chi connectivity index (χ1v) is 7.30. The summed E-state index contributed by atoms with van der Waals surface area (Å²) in [4.78, 5) is 34.9. The van der Waals surface area contributed by atoms with Crippen LogP contribution in [0.3, 0.4) is 0 Å². The summed E-state index contributed by atoms with van der Waals surface area (Å²) in [6.45, 7) is 1.83. The summed E-state index contributed by atoms with van der Waals surface area (Å²) in [7, 11) is 1.57. The number of hydrogen-bond acceptors (Lipinski definition) is 5. The highest BCUT2D eigenvalue weighted by Gasteiger charge is 2.20. The standard InChI is InChI=1S/C15H21N3O5/c1-3-6-11(15(20)21)9-16-14(19)10-17(2)12-7-4-5-8-13(12)18(22)23/h4-5,7-8,11H,3,6,9-10H2,1-2H3,(H,16,19)(H,20,21). The SMILES string of the molecule is CCCC(CNC(=O)CN(C)c1ccccc1[N+](=O)[O-])C(=O)O. The third kappa shape index (κ3) is 5.57. The summed E-state index contributed by atoms with van der Waals surface area (Å²) >= 11 is 0. The number of nitro benzene ring substituents is 1. The van der Waals surface area contributed by atoms with Crippen molar-refractivity contribution in [3.63, 3.8) is 0 Å². The summed E-state index contributed by atoms with van der Waals surface area (Å²) in [5.41, 5.74) is 0.244. The number of amides is 1. The quantitative estimate of drug-likeness (QED) is 0.528. The van der Waals surface area contributed by atoms with Crippen LogP contribution in [0.5, 0.6) is 0 Å². The van der Waals surface area contributed by atoms with Gasteiger partial charge in [0.15, 0.2) is 0 Å². The molecular formula is C15H21N3O5. The van der Waals surface area contributed by atoms with Gasteiger partial charge in [-0.05, 0) is 12.5 Å². The van der Waals surface area contributed by atoms with Gasteiger partial charge in [-0.2, -0.15) is 0 Å². The summed E-state index contributed by atoms with van der Waals surface area (Å²) in [6.07, 6.45) is 1.19. The molecule has 0 heterocycles. The lowest BCUT2D eigenvalue weighted by molar-refractivity contribution is -0.384. The van der Waals surface area contributed by atoms with E-state index in [2.05, 4.69) is 5.32 Å². The van der Waals surface area contributed by atoms with E-state index in [-0.39, 0.29) is 24.7 Å². The van der Waals surface area contributed by atoms with Crippen LogP contribution in [0.25, 0.3) is 0 Å². The van der Waals surface area contributed by atoms with Crippen molar-refractivity contribution in [2.45, 2.75) is 19.8 Å². The van der Waals surface area contributed by atoms with Crippen LogP contribution >= 0.6 is 0 Å². The number of likely N-dealkylation sites (N-methyl/N-ethyl adjacent to an activating group) is 1. The van der Waals surface area contributed by atoms with Crippen molar-refractivity contribution in [1.29, 1.82) is 0 Å². The van der Waals surface area contributed by atoms with E-state index in [9.17, 15) is 19.7 Å². The molecule has 1 aromatic carbocycles. The number of aliphatic carboxylic acids is 1. The number of hydrogen-bond donors (Lipinski definition) is 2. The molecule has 8 nitrogen and oxygen atoms in total. The average Bonchev–Trinajstić information content (AvgIpc) is 2.50. The number of nitro groups is 1. The number of para-hydroxylation sites is 2. The molecule has 0 aliphatic rings. The van der Waals surface area contributed by atoms with E-state index < -0.39 is 16.8 Å². The van der Waals surface area contributed by atoms with Crippen LogP contribution in [0, 0.1) is 16.0 Å². The van der Waals surface area contributed by atoms with Gasteiger partial charge in [0.25, 0.3) is 5.69 Å². The Morgan fingerprint density at radius 3 is 2.61 bits per heavy atom. The third-order valence-electron chi connectivity index (χ3n) is 3.40. The van der Waals surface area contributed by atoms with E-state index in [0.717, 1.165) is 0 Å². The fraction of sp³-hybridized carbons (Fsp3) is 0.467. The van der Waals surface area contributed by atoms with E-state index in [1.54, 1.807) is 25.2 Å². The first-order valence-electron chi connectivity index (χ1n) is 7.30. The molecule has 0 saturated heterocycles. The van der Waals surface area contributed by atoms with Crippen LogP contribution < -0.4 is 10.2 Å². The molecule has 0 aliphatic heterocycles. The topological polar surface area (TPSA) is 113 Å². The molecule has 1 atom stereocenters. The molecule has 0 radical (unpaired) electrons. The second-order valence-electron chi connectivity index (χ2n) is 5.23. The Bertz CT molecular complexity index is 576. The van der Waals surface area contributed by atoms with Crippen molar-refractivity contribution in [2.75, 3.05) is 25.0 Å². The zero-order chi connectivity index (χ0) is 17.4. The molecule has 0 saturated carbocycles. The van der Waals surface area contributed by atoms with Gasteiger partial charge in [-0.15, -0.1) is 0 Å². The largest absolute Gasteiger partial charge is 0.481 e. The van der Waals surface area contributed by atoms with Crippen LogP contribution in [0.15, 0.2) is 24.3 Å². The summed E-state index contributed by atoms with van der Waals surface area (Å²) < 4.78 is 0. The van der Waals surface area contributed by atoms with Gasteiger partial charge < -0.3 is 15.3 Å². The molecule has 0 aromatic heterocycles. The monoisotopic (exact) mass is 323 g/mol. The summed E-state index contributed by atoms with van der Waals surface area (Å²) in [6, 6.07) is 6.13. The molecule has 1 unspecified atom stereocenters.